The third-order valence-corrected chi connectivity index (χ3v) is 4.45. The van der Waals surface area contributed by atoms with Crippen LogP contribution in [0.3, 0.4) is 0 Å². The van der Waals surface area contributed by atoms with E-state index in [4.69, 9.17) is 9.47 Å². The van der Waals surface area contributed by atoms with E-state index in [0.29, 0.717) is 35.8 Å². The van der Waals surface area contributed by atoms with Gasteiger partial charge in [0.1, 0.15) is 0 Å². The van der Waals surface area contributed by atoms with Crippen molar-refractivity contribution in [2.75, 3.05) is 32.2 Å². The van der Waals surface area contributed by atoms with Crippen molar-refractivity contribution in [1.29, 1.82) is 0 Å². The smallest absolute Gasteiger partial charge is 0.251 e. The number of rotatable bonds is 7. The maximum atomic E-state index is 12.3. The Labute approximate surface area is 160 Å². The highest BCUT2D eigenvalue weighted by molar-refractivity contribution is 5.95. The summed E-state index contributed by atoms with van der Waals surface area (Å²) >= 11 is 0. The molecular weight excluding hydrogens is 344 g/mol. The van der Waals surface area contributed by atoms with Crippen molar-refractivity contribution in [2.45, 2.75) is 20.8 Å². The fourth-order valence-corrected chi connectivity index (χ4v) is 2.73. The number of amides is 2. The van der Waals surface area contributed by atoms with E-state index in [1.807, 2.05) is 26.0 Å². The van der Waals surface area contributed by atoms with Gasteiger partial charge in [0.25, 0.3) is 5.91 Å². The van der Waals surface area contributed by atoms with E-state index in [1.165, 1.54) is 6.92 Å². The molecule has 0 aliphatic rings. The van der Waals surface area contributed by atoms with E-state index in [1.54, 1.807) is 43.4 Å². The fraction of sp³-hybridized carbons (Fsp3) is 0.333. The molecule has 6 nitrogen and oxygen atoms in total. The van der Waals surface area contributed by atoms with Crippen molar-refractivity contribution in [3.05, 3.63) is 53.1 Å². The van der Waals surface area contributed by atoms with Crippen LogP contribution in [0, 0.1) is 13.8 Å². The van der Waals surface area contributed by atoms with Crippen LogP contribution in [0.25, 0.3) is 0 Å². The maximum absolute atomic E-state index is 12.3. The summed E-state index contributed by atoms with van der Waals surface area (Å²) in [4.78, 5) is 26.0. The van der Waals surface area contributed by atoms with Crippen molar-refractivity contribution in [3.63, 3.8) is 0 Å². The number of aryl methyl sites for hydroxylation is 2. The van der Waals surface area contributed by atoms with Gasteiger partial charge in [-0.05, 0) is 49.2 Å². The second-order valence-corrected chi connectivity index (χ2v) is 6.26. The molecule has 0 bridgehead atoms. The van der Waals surface area contributed by atoms with Crippen LogP contribution in [0.2, 0.25) is 0 Å². The minimum atomic E-state index is -0.158. The number of ether oxygens (including phenoxy) is 2. The Morgan fingerprint density at radius 2 is 1.67 bits per heavy atom. The zero-order chi connectivity index (χ0) is 20.0. The average Bonchev–Trinajstić information content (AvgIpc) is 2.66. The van der Waals surface area contributed by atoms with E-state index >= 15 is 0 Å². The van der Waals surface area contributed by atoms with Gasteiger partial charge in [-0.25, -0.2) is 0 Å². The molecule has 0 aliphatic heterocycles. The van der Waals surface area contributed by atoms with Crippen LogP contribution in [-0.2, 0) is 4.79 Å². The average molecular weight is 370 g/mol. The van der Waals surface area contributed by atoms with Gasteiger partial charge < -0.3 is 19.7 Å². The number of benzene rings is 2. The number of anilines is 1. The Hall–Kier alpha value is -3.02. The highest BCUT2D eigenvalue weighted by Gasteiger charge is 2.15. The molecule has 2 aromatic carbocycles. The normalized spacial score (nSPS) is 10.3. The number of nitrogens with zero attached hydrogens (tertiary/aromatic N) is 1. The van der Waals surface area contributed by atoms with Crippen LogP contribution in [-0.4, -0.2) is 39.1 Å². The Kier molecular flexibility index (Phi) is 6.82. The number of carbonyl (C=O) groups excluding carboxylic acids is 2. The molecule has 0 unspecified atom stereocenters. The Morgan fingerprint density at radius 3 is 2.26 bits per heavy atom. The summed E-state index contributed by atoms with van der Waals surface area (Å²) in [6, 6.07) is 10.9. The van der Waals surface area contributed by atoms with E-state index in [9.17, 15) is 9.59 Å². The number of hydrogen-bond acceptors (Lipinski definition) is 4. The molecule has 144 valence electrons. The van der Waals surface area contributed by atoms with Crippen molar-refractivity contribution in [2.24, 2.45) is 0 Å². The quantitative estimate of drug-likeness (QED) is 0.813. The fourth-order valence-electron chi connectivity index (χ4n) is 2.73. The molecule has 0 atom stereocenters. The zero-order valence-corrected chi connectivity index (χ0v) is 16.5. The second kappa shape index (κ2) is 9.07. The lowest BCUT2D eigenvalue weighted by Crippen LogP contribution is -2.37. The summed E-state index contributed by atoms with van der Waals surface area (Å²) in [6.45, 7) is 6.15. The molecule has 2 aromatic rings. The molecule has 27 heavy (non-hydrogen) atoms. The number of methoxy groups -OCH3 is 2. The SMILES string of the molecule is COc1ccc(N(CCNC(=O)c2ccc(C)c(C)c2)C(C)=O)cc1OC. The highest BCUT2D eigenvalue weighted by Crippen LogP contribution is 2.31. The van der Waals surface area contributed by atoms with Crippen LogP contribution in [0.15, 0.2) is 36.4 Å². The van der Waals surface area contributed by atoms with Crippen LogP contribution in [0.4, 0.5) is 5.69 Å². The van der Waals surface area contributed by atoms with Crippen molar-refractivity contribution in [1.82, 2.24) is 5.32 Å². The van der Waals surface area contributed by atoms with Gasteiger partial charge in [0, 0.05) is 37.3 Å². The van der Waals surface area contributed by atoms with Gasteiger partial charge in [0.2, 0.25) is 5.91 Å². The van der Waals surface area contributed by atoms with E-state index in [0.717, 1.165) is 11.1 Å². The van der Waals surface area contributed by atoms with Gasteiger partial charge in [-0.3, -0.25) is 9.59 Å². The predicted molar refractivity (Wildman–Crippen MR) is 106 cm³/mol. The lowest BCUT2D eigenvalue weighted by molar-refractivity contribution is -0.116. The molecule has 0 aromatic heterocycles. The second-order valence-electron chi connectivity index (χ2n) is 6.26. The first-order valence-electron chi connectivity index (χ1n) is 8.73. The first-order chi connectivity index (χ1) is 12.9. The first kappa shape index (κ1) is 20.3. The Bertz CT molecular complexity index is 833. The summed E-state index contributed by atoms with van der Waals surface area (Å²) in [5.41, 5.74) is 3.50. The van der Waals surface area contributed by atoms with Crippen LogP contribution < -0.4 is 19.7 Å². The van der Waals surface area contributed by atoms with Gasteiger partial charge in [-0.2, -0.15) is 0 Å². The van der Waals surface area contributed by atoms with Crippen LogP contribution in [0.5, 0.6) is 11.5 Å². The molecule has 0 fully saturated rings. The highest BCUT2D eigenvalue weighted by atomic mass is 16.5. The molecule has 2 rings (SSSR count). The van der Waals surface area contributed by atoms with Gasteiger partial charge in [-0.1, -0.05) is 6.07 Å². The van der Waals surface area contributed by atoms with E-state index < -0.39 is 0 Å². The predicted octanol–water partition coefficient (Wildman–Crippen LogP) is 3.10. The topological polar surface area (TPSA) is 67.9 Å². The summed E-state index contributed by atoms with van der Waals surface area (Å²) in [5.74, 6) is 0.852. The van der Waals surface area contributed by atoms with Crippen LogP contribution >= 0.6 is 0 Å². The maximum Gasteiger partial charge on any atom is 0.251 e. The lowest BCUT2D eigenvalue weighted by Gasteiger charge is -2.22. The molecule has 0 radical (unpaired) electrons. The summed E-state index contributed by atoms with van der Waals surface area (Å²) < 4.78 is 10.5. The molecule has 1 N–H and O–H groups in total. The van der Waals surface area contributed by atoms with Gasteiger partial charge in [0.05, 0.1) is 14.2 Å². The molecule has 2 amide bonds. The zero-order valence-electron chi connectivity index (χ0n) is 16.5. The molecule has 0 spiro atoms. The third kappa shape index (κ3) is 5.00. The molecule has 0 aliphatic carbocycles. The molecule has 0 saturated carbocycles. The van der Waals surface area contributed by atoms with Crippen molar-refractivity contribution in [3.8, 4) is 11.5 Å². The largest absolute Gasteiger partial charge is 0.493 e. The van der Waals surface area contributed by atoms with Crippen LogP contribution in [0.1, 0.15) is 28.4 Å². The molecule has 0 heterocycles. The van der Waals surface area contributed by atoms with Gasteiger partial charge in [0.15, 0.2) is 11.5 Å². The van der Waals surface area contributed by atoms with Gasteiger partial charge >= 0.3 is 0 Å². The minimum absolute atomic E-state index is 0.123. The third-order valence-electron chi connectivity index (χ3n) is 4.45. The first-order valence-corrected chi connectivity index (χ1v) is 8.73. The summed E-state index contributed by atoms with van der Waals surface area (Å²) in [7, 11) is 3.10. The van der Waals surface area contributed by atoms with E-state index in [2.05, 4.69) is 5.32 Å². The number of nitrogens with one attached hydrogen (secondary N) is 1. The molecule has 6 heteroatoms. The molecule has 0 saturated heterocycles. The van der Waals surface area contributed by atoms with Crippen molar-refractivity contribution >= 4 is 17.5 Å². The monoisotopic (exact) mass is 370 g/mol. The van der Waals surface area contributed by atoms with E-state index in [-0.39, 0.29) is 11.8 Å². The Balaban J connectivity index is 2.05. The standard InChI is InChI=1S/C21H26N2O4/c1-14-6-7-17(12-15(14)2)21(25)22-10-11-23(16(3)24)18-8-9-19(26-4)20(13-18)27-5/h6-9,12-13H,10-11H2,1-5H3,(H,22,25). The summed E-state index contributed by atoms with van der Waals surface area (Å²) in [6.07, 6.45) is 0. The Morgan fingerprint density at radius 1 is 0.963 bits per heavy atom. The molecular formula is C21H26N2O4. The minimum Gasteiger partial charge on any atom is -0.493 e. The number of hydrogen-bond donors (Lipinski definition) is 1. The summed E-state index contributed by atoms with van der Waals surface area (Å²) in [5, 5.41) is 2.86. The lowest BCUT2D eigenvalue weighted by atomic mass is 10.1. The van der Waals surface area contributed by atoms with Gasteiger partial charge in [-0.15, -0.1) is 0 Å². The van der Waals surface area contributed by atoms with Crippen molar-refractivity contribution < 1.29 is 19.1 Å². The number of carbonyl (C=O) groups is 2.